The van der Waals surface area contributed by atoms with E-state index in [0.717, 1.165) is 15.7 Å². The number of para-hydroxylation sites is 1. The van der Waals surface area contributed by atoms with Gasteiger partial charge in [0.05, 0.1) is 22.2 Å². The third-order valence-corrected chi connectivity index (χ3v) is 4.55. The van der Waals surface area contributed by atoms with Gasteiger partial charge in [-0.15, -0.1) is 0 Å². The summed E-state index contributed by atoms with van der Waals surface area (Å²) in [6, 6.07) is 12.8. The van der Waals surface area contributed by atoms with Crippen LogP contribution in [0.15, 0.2) is 51.7 Å². The Balaban J connectivity index is 1.92. The number of nitrogens with one attached hydrogen (secondary N) is 1. The lowest BCUT2D eigenvalue weighted by Gasteiger charge is -2.08. The molecule has 0 unspecified atom stereocenters. The maximum atomic E-state index is 12.5. The van der Waals surface area contributed by atoms with Crippen LogP contribution in [0.3, 0.4) is 0 Å². The zero-order valence-electron chi connectivity index (χ0n) is 12.7. The number of benzene rings is 2. The number of H-pyrrole nitrogens is 1. The summed E-state index contributed by atoms with van der Waals surface area (Å²) in [7, 11) is 1.73. The van der Waals surface area contributed by atoms with Crippen molar-refractivity contribution in [2.75, 3.05) is 11.9 Å². The van der Waals surface area contributed by atoms with E-state index in [2.05, 4.69) is 25.9 Å². The van der Waals surface area contributed by atoms with Crippen molar-refractivity contribution in [3.05, 3.63) is 68.7 Å². The highest BCUT2D eigenvalue weighted by Gasteiger charge is 2.29. The highest BCUT2D eigenvalue weighted by molar-refractivity contribution is 9.10. The predicted molar refractivity (Wildman–Crippen MR) is 97.8 cm³/mol. The minimum atomic E-state index is -0.222. The van der Waals surface area contributed by atoms with Crippen LogP contribution in [0, 0.1) is 0 Å². The lowest BCUT2D eigenvalue weighted by molar-refractivity contribution is -0.112. The number of rotatable bonds is 1. The number of hydrogen-bond acceptors (Lipinski definition) is 3. The summed E-state index contributed by atoms with van der Waals surface area (Å²) in [4.78, 5) is 33.5. The molecule has 0 saturated heterocycles. The molecule has 1 N–H and O–H groups in total. The molecule has 1 aliphatic heterocycles. The Bertz CT molecular complexity index is 1090. The smallest absolute Gasteiger partial charge is 0.259 e. The normalized spacial score (nSPS) is 15.3. The molecule has 1 aromatic heterocycles. The first kappa shape index (κ1) is 14.8. The fourth-order valence-corrected chi connectivity index (χ4v) is 3.23. The van der Waals surface area contributed by atoms with Gasteiger partial charge in [-0.05, 0) is 36.4 Å². The second kappa shape index (κ2) is 5.42. The molecule has 2 heterocycles. The molecule has 0 saturated carbocycles. The number of amides is 1. The number of nitrogens with zero attached hydrogens (tertiary/aromatic N) is 2. The third-order valence-electron chi connectivity index (χ3n) is 4.06. The molecule has 2 aromatic carbocycles. The molecule has 0 atom stereocenters. The second-order valence-corrected chi connectivity index (χ2v) is 6.47. The van der Waals surface area contributed by atoms with E-state index in [1.54, 1.807) is 36.2 Å². The number of carbonyl (C=O) groups excluding carboxylic acids is 1. The number of carbonyl (C=O) groups is 1. The van der Waals surface area contributed by atoms with Gasteiger partial charge in [-0.2, -0.15) is 0 Å². The zero-order valence-corrected chi connectivity index (χ0v) is 14.3. The number of fused-ring (bicyclic) bond motifs is 2. The van der Waals surface area contributed by atoms with Crippen LogP contribution in [0.1, 0.15) is 11.4 Å². The SMILES string of the molecule is CN1C(=O)C(=Cc2nc3ccccc3c(=O)[nH]2)c2cc(Br)ccc21. The Kier molecular flexibility index (Phi) is 3.35. The standard InChI is InChI=1S/C18H12BrN3O2/c1-22-15-7-6-10(19)8-12(15)13(18(22)24)9-16-20-14-5-3-2-4-11(14)17(23)21-16/h2-9H,1H3,(H,20,21,23). The van der Waals surface area contributed by atoms with Crippen LogP contribution >= 0.6 is 15.9 Å². The van der Waals surface area contributed by atoms with Crippen molar-refractivity contribution in [2.45, 2.75) is 0 Å². The summed E-state index contributed by atoms with van der Waals surface area (Å²) in [5.41, 5.74) is 2.53. The Morgan fingerprint density at radius 2 is 1.96 bits per heavy atom. The quantitative estimate of drug-likeness (QED) is 0.658. The topological polar surface area (TPSA) is 66.1 Å². The molecule has 1 aliphatic rings. The first-order valence-electron chi connectivity index (χ1n) is 7.33. The molecule has 6 heteroatoms. The van der Waals surface area contributed by atoms with Gasteiger partial charge in [-0.25, -0.2) is 4.98 Å². The minimum absolute atomic E-state index is 0.126. The van der Waals surface area contributed by atoms with E-state index in [9.17, 15) is 9.59 Å². The van der Waals surface area contributed by atoms with E-state index in [1.807, 2.05) is 24.3 Å². The molecule has 3 aromatic rings. The molecule has 118 valence electrons. The molecule has 0 fully saturated rings. The van der Waals surface area contributed by atoms with Crippen molar-refractivity contribution in [3.8, 4) is 0 Å². The van der Waals surface area contributed by atoms with Crippen molar-refractivity contribution < 1.29 is 4.79 Å². The van der Waals surface area contributed by atoms with Gasteiger partial charge in [0.2, 0.25) is 0 Å². The second-order valence-electron chi connectivity index (χ2n) is 5.55. The molecule has 0 bridgehead atoms. The Hall–Kier alpha value is -2.73. The van der Waals surface area contributed by atoms with E-state index in [-0.39, 0.29) is 11.5 Å². The number of halogens is 1. The lowest BCUT2D eigenvalue weighted by atomic mass is 10.1. The monoisotopic (exact) mass is 381 g/mol. The van der Waals surface area contributed by atoms with Crippen molar-refractivity contribution in [1.82, 2.24) is 9.97 Å². The summed E-state index contributed by atoms with van der Waals surface area (Å²) >= 11 is 3.43. The van der Waals surface area contributed by atoms with E-state index < -0.39 is 0 Å². The average Bonchev–Trinajstić information content (AvgIpc) is 2.79. The fourth-order valence-electron chi connectivity index (χ4n) is 2.87. The van der Waals surface area contributed by atoms with Gasteiger partial charge in [-0.1, -0.05) is 28.1 Å². The summed E-state index contributed by atoms with van der Waals surface area (Å²) in [6.45, 7) is 0. The molecule has 5 nitrogen and oxygen atoms in total. The van der Waals surface area contributed by atoms with Crippen molar-refractivity contribution >= 4 is 50.1 Å². The summed E-state index contributed by atoms with van der Waals surface area (Å²) in [5, 5.41) is 0.526. The molecule has 0 aliphatic carbocycles. The number of likely N-dealkylation sites (N-methyl/N-ethyl adjacent to an activating group) is 1. The number of hydrogen-bond donors (Lipinski definition) is 1. The summed E-state index contributed by atoms with van der Waals surface area (Å²) < 4.78 is 0.884. The fraction of sp³-hybridized carbons (Fsp3) is 0.0556. The number of aromatic amines is 1. The first-order valence-corrected chi connectivity index (χ1v) is 8.12. The molecule has 0 radical (unpaired) electrons. The molecular weight excluding hydrogens is 370 g/mol. The largest absolute Gasteiger partial charge is 0.311 e. The Morgan fingerprint density at radius 1 is 1.17 bits per heavy atom. The van der Waals surface area contributed by atoms with Gasteiger partial charge < -0.3 is 9.88 Å². The maximum absolute atomic E-state index is 12.5. The summed E-state index contributed by atoms with van der Waals surface area (Å²) in [5.74, 6) is 0.238. The van der Waals surface area contributed by atoms with Crippen LogP contribution in [0.2, 0.25) is 0 Å². The summed E-state index contributed by atoms with van der Waals surface area (Å²) in [6.07, 6.45) is 1.63. The van der Waals surface area contributed by atoms with Crippen LogP contribution in [0.4, 0.5) is 5.69 Å². The van der Waals surface area contributed by atoms with Gasteiger partial charge in [-0.3, -0.25) is 9.59 Å². The third kappa shape index (κ3) is 2.27. The Labute approximate surface area is 145 Å². The zero-order chi connectivity index (χ0) is 16.8. The van der Waals surface area contributed by atoms with Crippen molar-refractivity contribution in [3.63, 3.8) is 0 Å². The molecule has 0 spiro atoms. The molecule has 1 amide bonds. The van der Waals surface area contributed by atoms with Gasteiger partial charge in [0.1, 0.15) is 5.82 Å². The average molecular weight is 382 g/mol. The van der Waals surface area contributed by atoms with Crippen LogP contribution in [-0.4, -0.2) is 22.9 Å². The molecular formula is C18H12BrN3O2. The van der Waals surface area contributed by atoms with Crippen LogP contribution in [-0.2, 0) is 4.79 Å². The van der Waals surface area contributed by atoms with Gasteiger partial charge in [0.25, 0.3) is 11.5 Å². The Morgan fingerprint density at radius 3 is 2.79 bits per heavy atom. The van der Waals surface area contributed by atoms with Gasteiger partial charge in [0.15, 0.2) is 0 Å². The molecule has 24 heavy (non-hydrogen) atoms. The molecule has 4 rings (SSSR count). The van der Waals surface area contributed by atoms with E-state index in [1.165, 1.54) is 0 Å². The van der Waals surface area contributed by atoms with Crippen LogP contribution < -0.4 is 10.5 Å². The van der Waals surface area contributed by atoms with Crippen LogP contribution in [0.5, 0.6) is 0 Å². The predicted octanol–water partition coefficient (Wildman–Crippen LogP) is 3.20. The van der Waals surface area contributed by atoms with E-state index in [0.29, 0.717) is 22.3 Å². The van der Waals surface area contributed by atoms with Crippen molar-refractivity contribution in [2.24, 2.45) is 0 Å². The number of aromatic nitrogens is 2. The first-order chi connectivity index (χ1) is 11.5. The minimum Gasteiger partial charge on any atom is -0.311 e. The number of anilines is 1. The van der Waals surface area contributed by atoms with E-state index >= 15 is 0 Å². The van der Waals surface area contributed by atoms with Crippen molar-refractivity contribution in [1.29, 1.82) is 0 Å². The highest BCUT2D eigenvalue weighted by Crippen LogP contribution is 2.38. The lowest BCUT2D eigenvalue weighted by Crippen LogP contribution is -2.20. The van der Waals surface area contributed by atoms with E-state index in [4.69, 9.17) is 0 Å². The maximum Gasteiger partial charge on any atom is 0.259 e. The van der Waals surface area contributed by atoms with Gasteiger partial charge in [0, 0.05) is 17.1 Å². The highest BCUT2D eigenvalue weighted by atomic mass is 79.9. The van der Waals surface area contributed by atoms with Gasteiger partial charge >= 0.3 is 0 Å². The van der Waals surface area contributed by atoms with Crippen LogP contribution in [0.25, 0.3) is 22.6 Å².